The molecule has 0 aliphatic carbocycles. The van der Waals surface area contributed by atoms with E-state index in [2.05, 4.69) is 27.8 Å². The van der Waals surface area contributed by atoms with Crippen molar-refractivity contribution in [3.8, 4) is 5.88 Å². The summed E-state index contributed by atoms with van der Waals surface area (Å²) in [6.45, 7) is 5.06. The van der Waals surface area contributed by atoms with Crippen LogP contribution in [-0.4, -0.2) is 11.6 Å². The summed E-state index contributed by atoms with van der Waals surface area (Å²) in [5, 5.41) is 0. The van der Waals surface area contributed by atoms with E-state index in [-0.39, 0.29) is 0 Å². The van der Waals surface area contributed by atoms with Crippen LogP contribution in [0.3, 0.4) is 0 Å². The number of hydrogen-bond acceptors (Lipinski definition) is 2. The molecule has 0 radical (unpaired) electrons. The highest BCUT2D eigenvalue weighted by Crippen LogP contribution is 2.18. The van der Waals surface area contributed by atoms with Crippen molar-refractivity contribution in [2.45, 2.75) is 52.4 Å². The van der Waals surface area contributed by atoms with Crippen LogP contribution in [0, 0.1) is 6.92 Å². The van der Waals surface area contributed by atoms with E-state index in [0.29, 0.717) is 0 Å². The van der Waals surface area contributed by atoms with Crippen LogP contribution in [0.1, 0.15) is 51.0 Å². The molecule has 2 nitrogen and oxygen atoms in total. The van der Waals surface area contributed by atoms with Crippen LogP contribution < -0.4 is 4.74 Å². The van der Waals surface area contributed by atoms with Crippen LogP contribution in [0.15, 0.2) is 16.7 Å². The second kappa shape index (κ2) is 8.51. The van der Waals surface area contributed by atoms with Gasteiger partial charge in [-0.15, -0.1) is 0 Å². The molecule has 3 heteroatoms. The number of hydrogen-bond donors (Lipinski definition) is 0. The first-order valence-corrected chi connectivity index (χ1v) is 7.28. The Labute approximate surface area is 113 Å². The lowest BCUT2D eigenvalue weighted by Crippen LogP contribution is -1.99. The van der Waals surface area contributed by atoms with Gasteiger partial charge in [0.2, 0.25) is 5.88 Å². The molecule has 0 bridgehead atoms. The van der Waals surface area contributed by atoms with E-state index in [9.17, 15) is 0 Å². The molecule has 0 unspecified atom stereocenters. The second-order valence-electron chi connectivity index (χ2n) is 4.39. The zero-order valence-corrected chi connectivity index (χ0v) is 12.4. The summed E-state index contributed by atoms with van der Waals surface area (Å²) >= 11 is 3.43. The highest BCUT2D eigenvalue weighted by Gasteiger charge is 1.99. The van der Waals surface area contributed by atoms with E-state index < -0.39 is 0 Å². The molecular formula is C14H22BrNO. The van der Waals surface area contributed by atoms with Gasteiger partial charge in [0, 0.05) is 16.7 Å². The van der Waals surface area contributed by atoms with Gasteiger partial charge in [-0.2, -0.15) is 0 Å². The van der Waals surface area contributed by atoms with Gasteiger partial charge >= 0.3 is 0 Å². The Hall–Kier alpha value is -0.570. The Balaban J connectivity index is 2.11. The van der Waals surface area contributed by atoms with Crippen molar-refractivity contribution < 1.29 is 4.74 Å². The van der Waals surface area contributed by atoms with E-state index in [1.807, 2.05) is 13.0 Å². The molecular weight excluding hydrogens is 278 g/mol. The number of aryl methyl sites for hydroxylation is 1. The number of rotatable bonds is 8. The van der Waals surface area contributed by atoms with Crippen LogP contribution in [0.4, 0.5) is 0 Å². The lowest BCUT2D eigenvalue weighted by atomic mass is 10.1. The molecule has 17 heavy (non-hydrogen) atoms. The number of halogens is 1. The summed E-state index contributed by atoms with van der Waals surface area (Å²) in [6.07, 6.45) is 9.52. The SMILES string of the molecule is CCCCCCCCOc1cc(C)c(Br)cn1. The molecule has 0 fully saturated rings. The van der Waals surface area contributed by atoms with Crippen molar-refractivity contribution in [2.24, 2.45) is 0 Å². The normalized spacial score (nSPS) is 10.5. The number of aromatic nitrogens is 1. The van der Waals surface area contributed by atoms with Crippen molar-refractivity contribution >= 4 is 15.9 Å². The maximum absolute atomic E-state index is 5.62. The Morgan fingerprint density at radius 3 is 2.59 bits per heavy atom. The molecule has 0 aliphatic rings. The van der Waals surface area contributed by atoms with Gasteiger partial charge in [-0.25, -0.2) is 4.98 Å². The first-order valence-electron chi connectivity index (χ1n) is 6.49. The summed E-state index contributed by atoms with van der Waals surface area (Å²) in [6, 6.07) is 1.97. The van der Waals surface area contributed by atoms with Gasteiger partial charge in [0.15, 0.2) is 0 Å². The van der Waals surface area contributed by atoms with Crippen LogP contribution >= 0.6 is 15.9 Å². The maximum Gasteiger partial charge on any atom is 0.213 e. The Morgan fingerprint density at radius 1 is 1.18 bits per heavy atom. The molecule has 0 N–H and O–H groups in total. The monoisotopic (exact) mass is 299 g/mol. The average Bonchev–Trinajstić information content (AvgIpc) is 2.32. The van der Waals surface area contributed by atoms with E-state index in [4.69, 9.17) is 4.74 Å². The fourth-order valence-electron chi connectivity index (χ4n) is 1.65. The lowest BCUT2D eigenvalue weighted by Gasteiger charge is -2.06. The number of nitrogens with zero attached hydrogens (tertiary/aromatic N) is 1. The third-order valence-corrected chi connectivity index (χ3v) is 3.60. The molecule has 1 rings (SSSR count). The molecule has 1 aromatic heterocycles. The highest BCUT2D eigenvalue weighted by molar-refractivity contribution is 9.10. The smallest absolute Gasteiger partial charge is 0.213 e. The summed E-state index contributed by atoms with van der Waals surface area (Å²) in [4.78, 5) is 4.22. The van der Waals surface area contributed by atoms with Crippen LogP contribution in [0.5, 0.6) is 5.88 Å². The van der Waals surface area contributed by atoms with E-state index >= 15 is 0 Å². The minimum atomic E-state index is 0.735. The number of pyridine rings is 1. The van der Waals surface area contributed by atoms with E-state index in [1.54, 1.807) is 6.20 Å². The summed E-state index contributed by atoms with van der Waals surface area (Å²) in [5.41, 5.74) is 1.16. The predicted molar refractivity (Wildman–Crippen MR) is 75.5 cm³/mol. The Morgan fingerprint density at radius 2 is 1.88 bits per heavy atom. The van der Waals surface area contributed by atoms with Gasteiger partial charge < -0.3 is 4.74 Å². The van der Waals surface area contributed by atoms with Crippen LogP contribution in [-0.2, 0) is 0 Å². The predicted octanol–water partition coefficient (Wildman–Crippen LogP) is 4.89. The fraction of sp³-hybridized carbons (Fsp3) is 0.643. The second-order valence-corrected chi connectivity index (χ2v) is 5.24. The zero-order chi connectivity index (χ0) is 12.5. The highest BCUT2D eigenvalue weighted by atomic mass is 79.9. The van der Waals surface area contributed by atoms with Crippen molar-refractivity contribution in [1.82, 2.24) is 4.98 Å². The molecule has 0 atom stereocenters. The van der Waals surface area contributed by atoms with Gasteiger partial charge in [0.25, 0.3) is 0 Å². The molecule has 1 aromatic rings. The van der Waals surface area contributed by atoms with Gasteiger partial charge in [0.05, 0.1) is 6.61 Å². The lowest BCUT2D eigenvalue weighted by molar-refractivity contribution is 0.293. The first kappa shape index (κ1) is 14.5. The molecule has 0 amide bonds. The molecule has 0 aliphatic heterocycles. The van der Waals surface area contributed by atoms with Gasteiger partial charge in [-0.05, 0) is 34.8 Å². The summed E-state index contributed by atoms with van der Waals surface area (Å²) in [5.74, 6) is 0.735. The minimum Gasteiger partial charge on any atom is -0.478 e. The molecule has 0 saturated carbocycles. The Bertz CT molecular complexity index is 328. The van der Waals surface area contributed by atoms with E-state index in [1.165, 1.54) is 32.1 Å². The molecule has 96 valence electrons. The molecule has 1 heterocycles. The summed E-state index contributed by atoms with van der Waals surface area (Å²) < 4.78 is 6.65. The summed E-state index contributed by atoms with van der Waals surface area (Å²) in [7, 11) is 0. The van der Waals surface area contributed by atoms with Crippen LogP contribution in [0.25, 0.3) is 0 Å². The first-order chi connectivity index (χ1) is 8.24. The standard InChI is InChI=1S/C14H22BrNO/c1-3-4-5-6-7-8-9-17-14-10-12(2)13(15)11-16-14/h10-11H,3-9H2,1-2H3. The maximum atomic E-state index is 5.62. The van der Waals surface area contributed by atoms with Crippen LogP contribution in [0.2, 0.25) is 0 Å². The molecule has 0 aromatic carbocycles. The van der Waals surface area contributed by atoms with Crippen molar-refractivity contribution in [1.29, 1.82) is 0 Å². The third-order valence-electron chi connectivity index (χ3n) is 2.77. The minimum absolute atomic E-state index is 0.735. The number of unbranched alkanes of at least 4 members (excludes halogenated alkanes) is 5. The average molecular weight is 300 g/mol. The largest absolute Gasteiger partial charge is 0.478 e. The van der Waals surface area contributed by atoms with Crippen molar-refractivity contribution in [2.75, 3.05) is 6.61 Å². The topological polar surface area (TPSA) is 22.1 Å². The zero-order valence-electron chi connectivity index (χ0n) is 10.8. The fourth-order valence-corrected chi connectivity index (χ4v) is 1.87. The Kier molecular flexibility index (Phi) is 7.25. The van der Waals surface area contributed by atoms with E-state index in [0.717, 1.165) is 28.9 Å². The number of ether oxygens (including phenoxy) is 1. The third kappa shape index (κ3) is 6.06. The van der Waals surface area contributed by atoms with Gasteiger partial charge in [-0.3, -0.25) is 0 Å². The molecule has 0 saturated heterocycles. The van der Waals surface area contributed by atoms with Crippen molar-refractivity contribution in [3.63, 3.8) is 0 Å². The quantitative estimate of drug-likeness (QED) is 0.638. The van der Waals surface area contributed by atoms with Gasteiger partial charge in [-0.1, -0.05) is 39.0 Å². The van der Waals surface area contributed by atoms with Crippen molar-refractivity contribution in [3.05, 3.63) is 22.3 Å². The molecule has 0 spiro atoms. The van der Waals surface area contributed by atoms with Gasteiger partial charge in [0.1, 0.15) is 0 Å².